The lowest BCUT2D eigenvalue weighted by molar-refractivity contribution is -0.383. The Morgan fingerprint density at radius 1 is 1.15 bits per heavy atom. The number of rotatable bonds is 7. The number of amides is 1. The Balaban J connectivity index is 1.69. The first-order chi connectivity index (χ1) is 16.5. The molecule has 1 N–H and O–H groups in total. The van der Waals surface area contributed by atoms with Gasteiger partial charge in [-0.1, -0.05) is 42.5 Å². The summed E-state index contributed by atoms with van der Waals surface area (Å²) in [6.07, 6.45) is 3.37. The molecule has 4 rings (SSSR count). The summed E-state index contributed by atoms with van der Waals surface area (Å²) in [5.74, 6) is 0.0361. The van der Waals surface area contributed by atoms with Crippen molar-refractivity contribution >= 4 is 34.3 Å². The number of ether oxygens (including phenoxy) is 1. The number of carbonyl (C=O) groups is 1. The van der Waals surface area contributed by atoms with Crippen LogP contribution in [0.25, 0.3) is 17.0 Å². The molecule has 3 aromatic carbocycles. The SMILES string of the molecule is COc1cccc(Cn2cc(C=C(C#N)C(=O)Nc3ccccc3[N+](=O)[O-])c3ccccc32)c1. The number of nitro benzene ring substituents is 1. The van der Waals surface area contributed by atoms with Crippen molar-refractivity contribution in [2.45, 2.75) is 6.54 Å². The maximum Gasteiger partial charge on any atom is 0.292 e. The van der Waals surface area contributed by atoms with Gasteiger partial charge in [0.15, 0.2) is 0 Å². The summed E-state index contributed by atoms with van der Waals surface area (Å²) in [4.78, 5) is 23.4. The molecular weight excluding hydrogens is 432 g/mol. The third-order valence-corrected chi connectivity index (χ3v) is 5.32. The van der Waals surface area contributed by atoms with Gasteiger partial charge in [-0.15, -0.1) is 0 Å². The summed E-state index contributed by atoms with van der Waals surface area (Å²) in [5, 5.41) is 24.2. The summed E-state index contributed by atoms with van der Waals surface area (Å²) in [6.45, 7) is 0.565. The number of nitrogens with zero attached hydrogens (tertiary/aromatic N) is 3. The number of hydrogen-bond donors (Lipinski definition) is 1. The number of aromatic nitrogens is 1. The van der Waals surface area contributed by atoms with E-state index in [9.17, 15) is 20.2 Å². The van der Waals surface area contributed by atoms with Crippen LogP contribution in [0.1, 0.15) is 11.1 Å². The van der Waals surface area contributed by atoms with Crippen LogP contribution in [-0.4, -0.2) is 22.5 Å². The van der Waals surface area contributed by atoms with Gasteiger partial charge in [0.25, 0.3) is 11.6 Å². The quantitative estimate of drug-likeness (QED) is 0.180. The van der Waals surface area contributed by atoms with Gasteiger partial charge in [-0.2, -0.15) is 5.26 Å². The highest BCUT2D eigenvalue weighted by atomic mass is 16.6. The van der Waals surface area contributed by atoms with Crippen LogP contribution >= 0.6 is 0 Å². The minimum absolute atomic E-state index is 0.0269. The molecule has 0 atom stereocenters. The van der Waals surface area contributed by atoms with Gasteiger partial charge < -0.3 is 14.6 Å². The Morgan fingerprint density at radius 2 is 1.91 bits per heavy atom. The number of para-hydroxylation sites is 3. The highest BCUT2D eigenvalue weighted by Gasteiger charge is 2.18. The molecule has 0 aliphatic carbocycles. The summed E-state index contributed by atoms with van der Waals surface area (Å²) >= 11 is 0. The first kappa shape index (κ1) is 22.3. The topological polar surface area (TPSA) is 110 Å². The number of nitriles is 1. The largest absolute Gasteiger partial charge is 0.497 e. The first-order valence-electron chi connectivity index (χ1n) is 10.4. The van der Waals surface area contributed by atoms with Gasteiger partial charge in [-0.05, 0) is 35.9 Å². The van der Waals surface area contributed by atoms with Crippen molar-refractivity contribution in [2.75, 3.05) is 12.4 Å². The van der Waals surface area contributed by atoms with E-state index < -0.39 is 10.8 Å². The standard InChI is InChI=1S/C26H20N4O4/c1-34-21-8-6-7-18(13-21)16-29-17-20(22-9-2-4-11-24(22)29)14-19(15-27)26(31)28-23-10-3-5-12-25(23)30(32)33/h2-14,17H,16H2,1H3,(H,28,31). The number of methoxy groups -OCH3 is 1. The predicted octanol–water partition coefficient (Wildman–Crippen LogP) is 5.15. The van der Waals surface area contributed by atoms with E-state index in [0.29, 0.717) is 12.1 Å². The van der Waals surface area contributed by atoms with Crippen molar-refractivity contribution in [3.05, 3.63) is 106 Å². The van der Waals surface area contributed by atoms with E-state index in [2.05, 4.69) is 5.32 Å². The van der Waals surface area contributed by atoms with Gasteiger partial charge in [0.2, 0.25) is 0 Å². The number of carbonyl (C=O) groups excluding carboxylic acids is 1. The molecule has 0 aliphatic heterocycles. The molecule has 8 heteroatoms. The van der Waals surface area contributed by atoms with E-state index in [1.54, 1.807) is 13.2 Å². The fourth-order valence-corrected chi connectivity index (χ4v) is 3.72. The zero-order valence-corrected chi connectivity index (χ0v) is 18.3. The van der Waals surface area contributed by atoms with Crippen LogP contribution in [0.3, 0.4) is 0 Å². The van der Waals surface area contributed by atoms with Crippen LogP contribution < -0.4 is 10.1 Å². The number of fused-ring (bicyclic) bond motifs is 1. The summed E-state index contributed by atoms with van der Waals surface area (Å²) < 4.78 is 7.34. The highest BCUT2D eigenvalue weighted by molar-refractivity contribution is 6.11. The molecule has 1 amide bonds. The number of anilines is 1. The molecule has 1 heterocycles. The Kier molecular flexibility index (Phi) is 6.37. The summed E-state index contributed by atoms with van der Waals surface area (Å²) in [5.41, 5.74) is 2.27. The fraction of sp³-hybridized carbons (Fsp3) is 0.0769. The summed E-state index contributed by atoms with van der Waals surface area (Å²) in [6, 6.07) is 23.1. The number of hydrogen-bond acceptors (Lipinski definition) is 5. The van der Waals surface area contributed by atoms with Gasteiger partial charge in [-0.25, -0.2) is 0 Å². The lowest BCUT2D eigenvalue weighted by Gasteiger charge is -2.07. The van der Waals surface area contributed by atoms with Gasteiger partial charge in [-0.3, -0.25) is 14.9 Å². The number of nitrogens with one attached hydrogen (secondary N) is 1. The molecule has 0 bridgehead atoms. The molecule has 168 valence electrons. The molecule has 0 radical (unpaired) electrons. The Labute approximate surface area is 195 Å². The van der Waals surface area contributed by atoms with Crippen LogP contribution in [-0.2, 0) is 11.3 Å². The van der Waals surface area contributed by atoms with E-state index in [1.807, 2.05) is 65.4 Å². The van der Waals surface area contributed by atoms with Crippen LogP contribution in [0.2, 0.25) is 0 Å². The van der Waals surface area contributed by atoms with Crippen molar-refractivity contribution < 1.29 is 14.5 Å². The number of benzene rings is 3. The first-order valence-corrected chi connectivity index (χ1v) is 10.4. The molecule has 8 nitrogen and oxygen atoms in total. The van der Waals surface area contributed by atoms with E-state index in [1.165, 1.54) is 24.3 Å². The lowest BCUT2D eigenvalue weighted by atomic mass is 10.1. The van der Waals surface area contributed by atoms with E-state index in [-0.39, 0.29) is 16.9 Å². The monoisotopic (exact) mass is 452 g/mol. The maximum atomic E-state index is 12.8. The van der Waals surface area contributed by atoms with Gasteiger partial charge >= 0.3 is 0 Å². The Bertz CT molecular complexity index is 1460. The molecule has 34 heavy (non-hydrogen) atoms. The minimum Gasteiger partial charge on any atom is -0.497 e. The van der Waals surface area contributed by atoms with Gasteiger partial charge in [0.05, 0.1) is 12.0 Å². The van der Waals surface area contributed by atoms with E-state index in [0.717, 1.165) is 22.2 Å². The zero-order valence-electron chi connectivity index (χ0n) is 18.3. The second kappa shape index (κ2) is 9.71. The molecule has 0 unspecified atom stereocenters. The van der Waals surface area contributed by atoms with Crippen molar-refractivity contribution in [2.24, 2.45) is 0 Å². The second-order valence-electron chi connectivity index (χ2n) is 7.48. The second-order valence-corrected chi connectivity index (χ2v) is 7.48. The van der Waals surface area contributed by atoms with E-state index in [4.69, 9.17) is 4.74 Å². The molecule has 0 fully saturated rings. The summed E-state index contributed by atoms with van der Waals surface area (Å²) in [7, 11) is 1.62. The molecule has 0 aliphatic rings. The van der Waals surface area contributed by atoms with Gasteiger partial charge in [0, 0.05) is 35.3 Å². The molecule has 0 saturated carbocycles. The van der Waals surface area contributed by atoms with E-state index >= 15 is 0 Å². The Morgan fingerprint density at radius 3 is 2.68 bits per heavy atom. The third-order valence-electron chi connectivity index (χ3n) is 5.32. The van der Waals surface area contributed by atoms with Crippen LogP contribution in [0.5, 0.6) is 5.75 Å². The molecular formula is C26H20N4O4. The normalized spacial score (nSPS) is 11.1. The highest BCUT2D eigenvalue weighted by Crippen LogP contribution is 2.27. The zero-order chi connectivity index (χ0) is 24.1. The smallest absolute Gasteiger partial charge is 0.292 e. The molecule has 0 spiro atoms. The van der Waals surface area contributed by atoms with Crippen LogP contribution in [0.15, 0.2) is 84.6 Å². The number of nitro groups is 1. The average molecular weight is 452 g/mol. The minimum atomic E-state index is -0.721. The lowest BCUT2D eigenvalue weighted by Crippen LogP contribution is -2.14. The van der Waals surface area contributed by atoms with Crippen molar-refractivity contribution in [3.8, 4) is 11.8 Å². The maximum absolute atomic E-state index is 12.8. The molecule has 4 aromatic rings. The molecule has 0 saturated heterocycles. The predicted molar refractivity (Wildman–Crippen MR) is 129 cm³/mol. The van der Waals surface area contributed by atoms with Crippen molar-refractivity contribution in [3.63, 3.8) is 0 Å². The fourth-order valence-electron chi connectivity index (χ4n) is 3.72. The Hall–Kier alpha value is -4.90. The van der Waals surface area contributed by atoms with Crippen molar-refractivity contribution in [1.82, 2.24) is 4.57 Å². The van der Waals surface area contributed by atoms with Crippen LogP contribution in [0, 0.1) is 21.4 Å². The van der Waals surface area contributed by atoms with Gasteiger partial charge in [0.1, 0.15) is 23.1 Å². The molecule has 1 aromatic heterocycles. The van der Waals surface area contributed by atoms with Crippen LogP contribution in [0.4, 0.5) is 11.4 Å². The van der Waals surface area contributed by atoms with Crippen molar-refractivity contribution in [1.29, 1.82) is 5.26 Å². The average Bonchev–Trinajstić information content (AvgIpc) is 3.19. The third kappa shape index (κ3) is 4.64.